The highest BCUT2D eigenvalue weighted by Gasteiger charge is 2.10. The molecule has 1 heterocycles. The van der Waals surface area contributed by atoms with Crippen LogP contribution in [0, 0.1) is 0 Å². The number of halogens is 1. The summed E-state index contributed by atoms with van der Waals surface area (Å²) in [4.78, 5) is 10.8. The second kappa shape index (κ2) is 4.29. The Hall–Kier alpha value is -1.29. The fourth-order valence-corrected chi connectivity index (χ4v) is 2.31. The number of aromatic nitrogens is 1. The lowest BCUT2D eigenvalue weighted by atomic mass is 10.2. The zero-order chi connectivity index (χ0) is 11.7. The van der Waals surface area contributed by atoms with Crippen LogP contribution in [0.15, 0.2) is 28.7 Å². The highest BCUT2D eigenvalue weighted by Crippen LogP contribution is 2.24. The van der Waals surface area contributed by atoms with E-state index in [1.807, 2.05) is 35.8 Å². The van der Waals surface area contributed by atoms with Gasteiger partial charge < -0.3 is 9.67 Å². The van der Waals surface area contributed by atoms with Crippen LogP contribution in [-0.4, -0.2) is 15.6 Å². The molecule has 0 fully saturated rings. The van der Waals surface area contributed by atoms with Crippen LogP contribution in [0.1, 0.15) is 12.6 Å². The average Bonchev–Trinajstić information content (AvgIpc) is 2.53. The minimum absolute atomic E-state index is 0.0696. The smallest absolute Gasteiger partial charge is 0.309 e. The second-order valence-corrected chi connectivity index (χ2v) is 4.57. The Morgan fingerprint density at radius 1 is 1.44 bits per heavy atom. The number of aliphatic carboxylic acids is 1. The molecule has 84 valence electrons. The number of benzene rings is 1. The minimum Gasteiger partial charge on any atom is -0.481 e. The van der Waals surface area contributed by atoms with Crippen LogP contribution in [0.4, 0.5) is 0 Å². The van der Waals surface area contributed by atoms with Crippen LogP contribution in [0.25, 0.3) is 10.9 Å². The molecule has 2 aromatic rings. The number of carboxylic acids is 1. The number of carbonyl (C=O) groups is 1. The van der Waals surface area contributed by atoms with Crippen LogP contribution < -0.4 is 0 Å². The molecule has 16 heavy (non-hydrogen) atoms. The maximum absolute atomic E-state index is 10.8. The van der Waals surface area contributed by atoms with Crippen LogP contribution in [0.2, 0.25) is 0 Å². The van der Waals surface area contributed by atoms with Gasteiger partial charge in [-0.3, -0.25) is 4.79 Å². The van der Waals surface area contributed by atoms with Crippen molar-refractivity contribution in [3.63, 3.8) is 0 Å². The van der Waals surface area contributed by atoms with Crippen molar-refractivity contribution in [3.05, 3.63) is 34.4 Å². The minimum atomic E-state index is -0.795. The van der Waals surface area contributed by atoms with Crippen molar-refractivity contribution < 1.29 is 9.90 Å². The van der Waals surface area contributed by atoms with Gasteiger partial charge in [-0.25, -0.2) is 0 Å². The predicted octanol–water partition coefficient (Wildman–Crippen LogP) is 3.05. The summed E-state index contributed by atoms with van der Waals surface area (Å²) in [6.07, 6.45) is 0.0696. The first-order valence-corrected chi connectivity index (χ1v) is 5.90. The standard InChI is InChI=1S/C12H12BrNO2/c1-2-14-10(7-12(15)16)5-8-3-4-9(13)6-11(8)14/h3-6H,2,7H2,1H3,(H,15,16). The Morgan fingerprint density at radius 3 is 2.81 bits per heavy atom. The van der Waals surface area contributed by atoms with E-state index in [1.54, 1.807) is 0 Å². The Kier molecular flexibility index (Phi) is 3.01. The summed E-state index contributed by atoms with van der Waals surface area (Å²) in [7, 11) is 0. The van der Waals surface area contributed by atoms with E-state index < -0.39 is 5.97 Å². The SMILES string of the molecule is CCn1c(CC(=O)O)cc2ccc(Br)cc21. The lowest BCUT2D eigenvalue weighted by Crippen LogP contribution is -2.06. The molecule has 3 nitrogen and oxygen atoms in total. The van der Waals surface area contributed by atoms with Crippen LogP contribution in [-0.2, 0) is 17.8 Å². The summed E-state index contributed by atoms with van der Waals surface area (Å²) in [6.45, 7) is 2.80. The summed E-state index contributed by atoms with van der Waals surface area (Å²) in [6, 6.07) is 7.92. The van der Waals surface area contributed by atoms with Gasteiger partial charge in [0.05, 0.1) is 6.42 Å². The fraction of sp³-hybridized carbons (Fsp3) is 0.250. The number of fused-ring (bicyclic) bond motifs is 1. The molecule has 1 aromatic carbocycles. The van der Waals surface area contributed by atoms with Crippen molar-refractivity contribution >= 4 is 32.8 Å². The average molecular weight is 282 g/mol. The van der Waals surface area contributed by atoms with Gasteiger partial charge in [0.2, 0.25) is 0 Å². The molecule has 2 rings (SSSR count). The maximum Gasteiger partial charge on any atom is 0.309 e. The van der Waals surface area contributed by atoms with Gasteiger partial charge in [0.25, 0.3) is 0 Å². The zero-order valence-electron chi connectivity index (χ0n) is 8.90. The number of rotatable bonds is 3. The van der Waals surface area contributed by atoms with Gasteiger partial charge in [-0.15, -0.1) is 0 Å². The van der Waals surface area contributed by atoms with E-state index in [1.165, 1.54) is 0 Å². The lowest BCUT2D eigenvalue weighted by molar-refractivity contribution is -0.136. The molecule has 0 saturated carbocycles. The predicted molar refractivity (Wildman–Crippen MR) is 66.7 cm³/mol. The van der Waals surface area contributed by atoms with Crippen molar-refractivity contribution in [2.45, 2.75) is 19.9 Å². The lowest BCUT2D eigenvalue weighted by Gasteiger charge is -2.05. The number of aryl methyl sites for hydroxylation is 1. The largest absolute Gasteiger partial charge is 0.481 e. The fourth-order valence-electron chi connectivity index (χ4n) is 1.96. The monoisotopic (exact) mass is 281 g/mol. The van der Waals surface area contributed by atoms with Crippen LogP contribution in [0.5, 0.6) is 0 Å². The molecule has 0 aliphatic carbocycles. The third-order valence-corrected chi connectivity index (χ3v) is 3.09. The molecular weight excluding hydrogens is 270 g/mol. The van der Waals surface area contributed by atoms with E-state index in [9.17, 15) is 4.79 Å². The summed E-state index contributed by atoms with van der Waals surface area (Å²) in [5, 5.41) is 9.93. The van der Waals surface area contributed by atoms with Crippen molar-refractivity contribution in [1.82, 2.24) is 4.57 Å². The van der Waals surface area contributed by atoms with Crippen molar-refractivity contribution in [1.29, 1.82) is 0 Å². The summed E-state index contributed by atoms with van der Waals surface area (Å²) >= 11 is 3.43. The summed E-state index contributed by atoms with van der Waals surface area (Å²) < 4.78 is 3.04. The van der Waals surface area contributed by atoms with Crippen molar-refractivity contribution in [3.8, 4) is 0 Å². The third-order valence-electron chi connectivity index (χ3n) is 2.60. The van der Waals surface area contributed by atoms with Gasteiger partial charge in [-0.05, 0) is 30.5 Å². The van der Waals surface area contributed by atoms with Crippen LogP contribution in [0.3, 0.4) is 0 Å². The molecule has 0 aliphatic heterocycles. The summed E-state index contributed by atoms with van der Waals surface area (Å²) in [5.74, 6) is -0.795. The van der Waals surface area contributed by atoms with Gasteiger partial charge >= 0.3 is 5.97 Å². The van der Waals surface area contributed by atoms with E-state index >= 15 is 0 Å². The Labute approximate surface area is 102 Å². The topological polar surface area (TPSA) is 42.2 Å². The van der Waals surface area contributed by atoms with E-state index in [-0.39, 0.29) is 6.42 Å². The van der Waals surface area contributed by atoms with Gasteiger partial charge in [0.1, 0.15) is 0 Å². The first-order valence-electron chi connectivity index (χ1n) is 5.11. The summed E-state index contributed by atoms with van der Waals surface area (Å²) in [5.41, 5.74) is 1.93. The van der Waals surface area contributed by atoms with Gasteiger partial charge in [0, 0.05) is 22.2 Å². The Bertz CT molecular complexity index is 545. The molecule has 0 aliphatic rings. The zero-order valence-corrected chi connectivity index (χ0v) is 10.5. The molecule has 1 N–H and O–H groups in total. The van der Waals surface area contributed by atoms with Crippen molar-refractivity contribution in [2.24, 2.45) is 0 Å². The second-order valence-electron chi connectivity index (χ2n) is 3.65. The van der Waals surface area contributed by atoms with E-state index in [2.05, 4.69) is 15.9 Å². The third kappa shape index (κ3) is 1.97. The molecule has 4 heteroatoms. The molecule has 0 spiro atoms. The highest BCUT2D eigenvalue weighted by atomic mass is 79.9. The quantitative estimate of drug-likeness (QED) is 0.940. The number of hydrogen-bond donors (Lipinski definition) is 1. The van der Waals surface area contributed by atoms with E-state index in [0.717, 1.165) is 27.6 Å². The molecule has 0 radical (unpaired) electrons. The molecule has 0 unspecified atom stereocenters. The first-order chi connectivity index (χ1) is 7.61. The normalized spacial score (nSPS) is 10.9. The van der Waals surface area contributed by atoms with Crippen LogP contribution >= 0.6 is 15.9 Å². The highest BCUT2D eigenvalue weighted by molar-refractivity contribution is 9.10. The first kappa shape index (κ1) is 11.2. The molecule has 0 amide bonds. The van der Waals surface area contributed by atoms with Crippen molar-refractivity contribution in [2.75, 3.05) is 0 Å². The Balaban J connectivity index is 2.62. The van der Waals surface area contributed by atoms with E-state index in [4.69, 9.17) is 5.11 Å². The number of hydrogen-bond acceptors (Lipinski definition) is 1. The van der Waals surface area contributed by atoms with Gasteiger partial charge in [-0.2, -0.15) is 0 Å². The maximum atomic E-state index is 10.8. The van der Waals surface area contributed by atoms with Gasteiger partial charge in [0.15, 0.2) is 0 Å². The number of nitrogens with zero attached hydrogens (tertiary/aromatic N) is 1. The molecule has 0 bridgehead atoms. The number of carboxylic acid groups (broad SMARTS) is 1. The van der Waals surface area contributed by atoms with Gasteiger partial charge in [-0.1, -0.05) is 22.0 Å². The molecule has 0 atom stereocenters. The molecular formula is C12H12BrNO2. The molecule has 1 aromatic heterocycles. The molecule has 0 saturated heterocycles. The Morgan fingerprint density at radius 2 is 2.19 bits per heavy atom. The van der Waals surface area contributed by atoms with E-state index in [0.29, 0.717) is 0 Å².